The number of fused-ring (bicyclic) bond motifs is 1. The number of rotatable bonds is 7. The number of amides is 1. The lowest BCUT2D eigenvalue weighted by Crippen LogP contribution is -2.43. The van der Waals surface area contributed by atoms with Crippen LogP contribution < -0.4 is 0 Å². The third kappa shape index (κ3) is 4.75. The summed E-state index contributed by atoms with van der Waals surface area (Å²) in [4.78, 5) is 20.2. The molecule has 1 saturated heterocycles. The molecule has 0 saturated carbocycles. The molecule has 0 bridgehead atoms. The largest absolute Gasteiger partial charge is 0.340 e. The predicted molar refractivity (Wildman–Crippen MR) is 125 cm³/mol. The number of carbonyl (C=O) groups excluding carboxylic acids is 1. The van der Waals surface area contributed by atoms with Crippen LogP contribution in [0.15, 0.2) is 58.3 Å². The molecule has 0 radical (unpaired) electrons. The molecular formula is C25H33N3O3S. The third-order valence-corrected chi connectivity index (χ3v) is 8.60. The van der Waals surface area contributed by atoms with E-state index in [9.17, 15) is 13.2 Å². The van der Waals surface area contributed by atoms with E-state index < -0.39 is 9.84 Å². The summed E-state index contributed by atoms with van der Waals surface area (Å²) >= 11 is 0. The summed E-state index contributed by atoms with van der Waals surface area (Å²) < 4.78 is 25.9. The van der Waals surface area contributed by atoms with E-state index in [0.717, 1.165) is 56.7 Å². The van der Waals surface area contributed by atoms with Gasteiger partial charge >= 0.3 is 0 Å². The first kappa shape index (κ1) is 23.0. The lowest BCUT2D eigenvalue weighted by molar-refractivity contribution is -0.131. The molecule has 2 aliphatic rings. The molecule has 1 atom stereocenters. The second-order valence-electron chi connectivity index (χ2n) is 8.71. The van der Waals surface area contributed by atoms with Crippen molar-refractivity contribution in [3.05, 3.63) is 59.7 Å². The van der Waals surface area contributed by atoms with Crippen molar-refractivity contribution in [1.82, 2.24) is 14.7 Å². The molecule has 2 heterocycles. The number of likely N-dealkylation sites (N-methyl/N-ethyl adjacent to an activating group) is 1. The van der Waals surface area contributed by atoms with Gasteiger partial charge in [-0.15, -0.1) is 0 Å². The predicted octanol–water partition coefficient (Wildman–Crippen LogP) is 2.82. The number of nitrogens with zero attached hydrogens (tertiary/aromatic N) is 3. The second kappa shape index (κ2) is 9.73. The fourth-order valence-corrected chi connectivity index (χ4v) is 6.26. The number of benzene rings is 2. The van der Waals surface area contributed by atoms with Crippen molar-refractivity contribution in [3.63, 3.8) is 0 Å². The van der Waals surface area contributed by atoms with Gasteiger partial charge in [-0.1, -0.05) is 38.1 Å². The summed E-state index contributed by atoms with van der Waals surface area (Å²) in [5, 5.41) is 0. The smallest absolute Gasteiger partial charge is 0.236 e. The zero-order valence-corrected chi connectivity index (χ0v) is 19.9. The van der Waals surface area contributed by atoms with E-state index in [1.165, 1.54) is 0 Å². The van der Waals surface area contributed by atoms with Gasteiger partial charge in [0.15, 0.2) is 0 Å². The summed E-state index contributed by atoms with van der Waals surface area (Å²) in [7, 11) is -3.51. The Balaban J connectivity index is 1.39. The highest BCUT2D eigenvalue weighted by atomic mass is 32.2. The zero-order chi connectivity index (χ0) is 22.7. The second-order valence-corrected chi connectivity index (χ2v) is 10.7. The van der Waals surface area contributed by atoms with Crippen molar-refractivity contribution in [3.8, 4) is 0 Å². The minimum Gasteiger partial charge on any atom is -0.340 e. The van der Waals surface area contributed by atoms with Gasteiger partial charge in [0.1, 0.15) is 0 Å². The molecule has 1 unspecified atom stereocenters. The lowest BCUT2D eigenvalue weighted by Gasteiger charge is -2.30. The van der Waals surface area contributed by atoms with E-state index in [-0.39, 0.29) is 5.91 Å². The van der Waals surface area contributed by atoms with Gasteiger partial charge in [0.05, 0.1) is 16.3 Å². The van der Waals surface area contributed by atoms with Gasteiger partial charge in [0, 0.05) is 32.2 Å². The molecule has 2 aliphatic heterocycles. The first-order valence-corrected chi connectivity index (χ1v) is 13.1. The average molecular weight is 456 g/mol. The molecule has 2 aromatic rings. The van der Waals surface area contributed by atoms with Crippen LogP contribution in [0.5, 0.6) is 0 Å². The number of carbonyl (C=O) groups is 1. The number of likely N-dealkylation sites (tertiary alicyclic amines) is 1. The van der Waals surface area contributed by atoms with E-state index in [4.69, 9.17) is 0 Å². The van der Waals surface area contributed by atoms with Gasteiger partial charge in [0.25, 0.3) is 0 Å². The Morgan fingerprint density at radius 3 is 2.47 bits per heavy atom. The summed E-state index contributed by atoms with van der Waals surface area (Å²) in [5.74, 6) is 0.200. The van der Waals surface area contributed by atoms with Crippen LogP contribution >= 0.6 is 0 Å². The molecular weight excluding hydrogens is 422 g/mol. The maximum absolute atomic E-state index is 12.9. The maximum atomic E-state index is 12.9. The van der Waals surface area contributed by atoms with E-state index in [2.05, 4.69) is 23.6 Å². The quantitative estimate of drug-likeness (QED) is 0.643. The average Bonchev–Trinajstić information content (AvgIpc) is 3.30. The van der Waals surface area contributed by atoms with Gasteiger partial charge in [0.2, 0.25) is 15.7 Å². The molecule has 1 amide bonds. The summed E-state index contributed by atoms with van der Waals surface area (Å²) in [6.07, 6.45) is 1.80. The van der Waals surface area contributed by atoms with Crippen LogP contribution in [-0.4, -0.2) is 74.3 Å². The summed E-state index contributed by atoms with van der Waals surface area (Å²) in [6, 6.07) is 14.4. The molecule has 6 nitrogen and oxygen atoms in total. The van der Waals surface area contributed by atoms with Crippen molar-refractivity contribution < 1.29 is 13.2 Å². The molecule has 2 aromatic carbocycles. The summed E-state index contributed by atoms with van der Waals surface area (Å²) in [6.45, 7) is 9.93. The fraction of sp³-hybridized carbons (Fsp3) is 0.480. The van der Waals surface area contributed by atoms with Crippen LogP contribution in [0.3, 0.4) is 0 Å². The number of sulfone groups is 1. The SMILES string of the molecule is CCN(CC)C1CCN(C(=O)CN2CCc3cc(S(=O)(=O)c4ccccc4)ccc3C2)C1. The molecule has 0 spiro atoms. The fourth-order valence-electron chi connectivity index (χ4n) is 4.92. The molecule has 0 N–H and O–H groups in total. The monoisotopic (exact) mass is 455 g/mol. The first-order chi connectivity index (χ1) is 15.4. The highest BCUT2D eigenvalue weighted by Gasteiger charge is 2.30. The summed E-state index contributed by atoms with van der Waals surface area (Å²) in [5.41, 5.74) is 2.17. The standard InChI is InChI=1S/C25H33N3O3S/c1-3-27(4-2)22-13-15-28(18-22)25(29)19-26-14-12-20-16-24(11-10-21(20)17-26)32(30,31)23-8-6-5-7-9-23/h5-11,16,22H,3-4,12-15,17-19H2,1-2H3. The van der Waals surface area contributed by atoms with Crippen LogP contribution in [0.25, 0.3) is 0 Å². The Morgan fingerprint density at radius 1 is 1.00 bits per heavy atom. The Kier molecular flexibility index (Phi) is 6.98. The molecule has 1 fully saturated rings. The van der Waals surface area contributed by atoms with E-state index >= 15 is 0 Å². The molecule has 4 rings (SSSR count). The number of hydrogen-bond donors (Lipinski definition) is 0. The Labute approximate surface area is 191 Å². The van der Waals surface area contributed by atoms with Crippen molar-refractivity contribution >= 4 is 15.7 Å². The van der Waals surface area contributed by atoms with Crippen LogP contribution in [0.4, 0.5) is 0 Å². The highest BCUT2D eigenvalue weighted by molar-refractivity contribution is 7.91. The normalized spacial score (nSPS) is 19.3. The van der Waals surface area contributed by atoms with Crippen LogP contribution in [-0.2, 0) is 27.6 Å². The van der Waals surface area contributed by atoms with Crippen molar-refractivity contribution in [2.24, 2.45) is 0 Å². The molecule has 0 aliphatic carbocycles. The maximum Gasteiger partial charge on any atom is 0.236 e. The zero-order valence-electron chi connectivity index (χ0n) is 19.0. The van der Waals surface area contributed by atoms with E-state index in [1.807, 2.05) is 23.1 Å². The molecule has 0 aromatic heterocycles. The van der Waals surface area contributed by atoms with Crippen molar-refractivity contribution in [1.29, 1.82) is 0 Å². The minimum absolute atomic E-state index is 0.200. The van der Waals surface area contributed by atoms with Gasteiger partial charge in [-0.25, -0.2) is 8.42 Å². The van der Waals surface area contributed by atoms with Crippen LogP contribution in [0.1, 0.15) is 31.4 Å². The highest BCUT2D eigenvalue weighted by Crippen LogP contribution is 2.26. The Hall–Kier alpha value is -2.22. The van der Waals surface area contributed by atoms with Crippen molar-refractivity contribution in [2.45, 2.75) is 49.1 Å². The van der Waals surface area contributed by atoms with Crippen LogP contribution in [0.2, 0.25) is 0 Å². The van der Waals surface area contributed by atoms with Gasteiger partial charge in [-0.3, -0.25) is 14.6 Å². The Bertz CT molecular complexity index is 1050. The third-order valence-electron chi connectivity index (χ3n) is 6.84. The molecule has 172 valence electrons. The molecule has 7 heteroatoms. The van der Waals surface area contributed by atoms with E-state index in [1.54, 1.807) is 30.3 Å². The van der Waals surface area contributed by atoms with Crippen LogP contribution in [0, 0.1) is 0 Å². The topological polar surface area (TPSA) is 60.9 Å². The van der Waals surface area contributed by atoms with Gasteiger partial charge in [-0.2, -0.15) is 0 Å². The minimum atomic E-state index is -3.51. The Morgan fingerprint density at radius 2 is 1.75 bits per heavy atom. The van der Waals surface area contributed by atoms with Gasteiger partial charge in [-0.05, 0) is 61.3 Å². The van der Waals surface area contributed by atoms with Gasteiger partial charge < -0.3 is 4.90 Å². The number of hydrogen-bond acceptors (Lipinski definition) is 5. The molecule has 32 heavy (non-hydrogen) atoms. The van der Waals surface area contributed by atoms with E-state index in [0.29, 0.717) is 28.9 Å². The van der Waals surface area contributed by atoms with Crippen molar-refractivity contribution in [2.75, 3.05) is 39.3 Å². The first-order valence-electron chi connectivity index (χ1n) is 11.6. The lowest BCUT2D eigenvalue weighted by atomic mass is 10.00.